The van der Waals surface area contributed by atoms with Crippen LogP contribution >= 0.6 is 0 Å². The highest BCUT2D eigenvalue weighted by Crippen LogP contribution is 2.28. The quantitative estimate of drug-likeness (QED) is 0.844. The Morgan fingerprint density at radius 3 is 2.55 bits per heavy atom. The second-order valence-corrected chi connectivity index (χ2v) is 6.31. The average Bonchev–Trinajstić information content (AvgIpc) is 2.57. The molecular formula is C17H26N3O2. The van der Waals surface area contributed by atoms with E-state index in [9.17, 15) is 0 Å². The fourth-order valence-electron chi connectivity index (χ4n) is 3.33. The zero-order valence-electron chi connectivity index (χ0n) is 13.5. The molecule has 0 aromatic carbocycles. The van der Waals surface area contributed by atoms with E-state index < -0.39 is 0 Å². The molecule has 5 heteroatoms. The maximum atomic E-state index is 5.48. The molecular weight excluding hydrogens is 278 g/mol. The highest BCUT2D eigenvalue weighted by Gasteiger charge is 2.35. The number of ether oxygens (including phenoxy) is 2. The number of pyridine rings is 1. The first-order chi connectivity index (χ1) is 10.7. The van der Waals surface area contributed by atoms with Crippen molar-refractivity contribution in [1.82, 2.24) is 14.8 Å². The van der Waals surface area contributed by atoms with Gasteiger partial charge in [-0.1, -0.05) is 6.07 Å². The summed E-state index contributed by atoms with van der Waals surface area (Å²) in [6.07, 6.45) is 4.01. The second kappa shape index (κ2) is 6.94. The van der Waals surface area contributed by atoms with Crippen LogP contribution in [0.15, 0.2) is 18.3 Å². The molecule has 0 atom stereocenters. The Morgan fingerprint density at radius 2 is 1.95 bits per heavy atom. The van der Waals surface area contributed by atoms with Gasteiger partial charge in [0.2, 0.25) is 5.88 Å². The van der Waals surface area contributed by atoms with Crippen LogP contribution in [-0.2, 0) is 11.3 Å². The molecule has 2 fully saturated rings. The zero-order chi connectivity index (χ0) is 15.4. The first kappa shape index (κ1) is 15.7. The number of nitrogens with zero attached hydrogens (tertiary/aromatic N) is 3. The summed E-state index contributed by atoms with van der Waals surface area (Å²) in [7, 11) is 1.64. The Morgan fingerprint density at radius 1 is 1.23 bits per heavy atom. The first-order valence-electron chi connectivity index (χ1n) is 8.09. The molecule has 121 valence electrons. The van der Waals surface area contributed by atoms with E-state index in [1.54, 1.807) is 7.11 Å². The van der Waals surface area contributed by atoms with Crippen molar-refractivity contribution in [3.8, 4) is 5.88 Å². The molecule has 1 aromatic rings. The third-order valence-electron chi connectivity index (χ3n) is 4.88. The van der Waals surface area contributed by atoms with Crippen molar-refractivity contribution >= 4 is 0 Å². The predicted octanol–water partition coefficient (Wildman–Crippen LogP) is 1.59. The van der Waals surface area contributed by atoms with Gasteiger partial charge in [-0.2, -0.15) is 0 Å². The van der Waals surface area contributed by atoms with Crippen molar-refractivity contribution in [1.29, 1.82) is 0 Å². The van der Waals surface area contributed by atoms with Crippen LogP contribution in [0.1, 0.15) is 18.4 Å². The normalized spacial score (nSPS) is 23.4. The standard InChI is InChI=1S/C17H26N3O2/c1-17(5-11-22-12-6-17)20-9-7-19(8-10-20)14-15-3-4-16(21-2)18-13-15/h3-4,13H,1,5-12,14H2,2H3. The highest BCUT2D eigenvalue weighted by molar-refractivity contribution is 5.17. The van der Waals surface area contributed by atoms with Crippen LogP contribution in [0.3, 0.4) is 0 Å². The molecule has 0 bridgehead atoms. The minimum Gasteiger partial charge on any atom is -0.481 e. The number of rotatable bonds is 4. The van der Waals surface area contributed by atoms with E-state index in [1.165, 1.54) is 5.56 Å². The van der Waals surface area contributed by atoms with E-state index in [2.05, 4.69) is 27.8 Å². The molecule has 1 radical (unpaired) electrons. The Hall–Kier alpha value is -1.17. The minimum absolute atomic E-state index is 0.0893. The number of methoxy groups -OCH3 is 1. The predicted molar refractivity (Wildman–Crippen MR) is 85.8 cm³/mol. The van der Waals surface area contributed by atoms with Crippen molar-refractivity contribution < 1.29 is 9.47 Å². The average molecular weight is 304 g/mol. The third-order valence-corrected chi connectivity index (χ3v) is 4.88. The monoisotopic (exact) mass is 304 g/mol. The smallest absolute Gasteiger partial charge is 0.212 e. The molecule has 1 aromatic heterocycles. The summed E-state index contributed by atoms with van der Waals surface area (Å²) in [6.45, 7) is 11.5. The van der Waals surface area contributed by atoms with Crippen LogP contribution in [0.25, 0.3) is 0 Å². The van der Waals surface area contributed by atoms with Crippen LogP contribution < -0.4 is 4.74 Å². The van der Waals surface area contributed by atoms with Gasteiger partial charge in [-0.05, 0) is 25.3 Å². The molecule has 2 aliphatic rings. The lowest BCUT2D eigenvalue weighted by Gasteiger charge is -2.47. The van der Waals surface area contributed by atoms with Gasteiger partial charge in [0.05, 0.1) is 7.11 Å². The SMILES string of the molecule is [CH2]C1(N2CCN(Cc3ccc(OC)nc3)CC2)CCOCC1. The van der Waals surface area contributed by atoms with E-state index in [-0.39, 0.29) is 5.54 Å². The van der Waals surface area contributed by atoms with Crippen LogP contribution in [0.5, 0.6) is 5.88 Å². The Kier molecular flexibility index (Phi) is 4.96. The van der Waals surface area contributed by atoms with Gasteiger partial charge >= 0.3 is 0 Å². The summed E-state index contributed by atoms with van der Waals surface area (Å²) in [5.41, 5.74) is 1.33. The number of piperazine rings is 1. The van der Waals surface area contributed by atoms with E-state index in [0.717, 1.165) is 58.8 Å². The van der Waals surface area contributed by atoms with Crippen molar-refractivity contribution in [2.24, 2.45) is 0 Å². The number of hydrogen-bond donors (Lipinski definition) is 0. The molecule has 0 unspecified atom stereocenters. The van der Waals surface area contributed by atoms with Gasteiger partial charge < -0.3 is 9.47 Å². The second-order valence-electron chi connectivity index (χ2n) is 6.31. The molecule has 3 heterocycles. The topological polar surface area (TPSA) is 37.8 Å². The van der Waals surface area contributed by atoms with Gasteiger partial charge in [0, 0.05) is 63.7 Å². The van der Waals surface area contributed by atoms with E-state index in [1.807, 2.05) is 12.3 Å². The first-order valence-corrected chi connectivity index (χ1v) is 8.09. The summed E-state index contributed by atoms with van der Waals surface area (Å²) < 4.78 is 10.6. The molecule has 0 spiro atoms. The van der Waals surface area contributed by atoms with Crippen molar-refractivity contribution in [2.45, 2.75) is 24.9 Å². The summed E-state index contributed by atoms with van der Waals surface area (Å²) in [5, 5.41) is 0. The molecule has 22 heavy (non-hydrogen) atoms. The maximum absolute atomic E-state index is 5.48. The largest absolute Gasteiger partial charge is 0.481 e. The highest BCUT2D eigenvalue weighted by atomic mass is 16.5. The Bertz CT molecular complexity index is 463. The van der Waals surface area contributed by atoms with Gasteiger partial charge in [0.15, 0.2) is 0 Å². The van der Waals surface area contributed by atoms with Crippen molar-refractivity contribution in [3.63, 3.8) is 0 Å². The van der Waals surface area contributed by atoms with Gasteiger partial charge in [-0.3, -0.25) is 9.80 Å². The maximum Gasteiger partial charge on any atom is 0.212 e. The van der Waals surface area contributed by atoms with Crippen LogP contribution in [-0.4, -0.2) is 66.8 Å². The fourth-order valence-corrected chi connectivity index (χ4v) is 3.33. The van der Waals surface area contributed by atoms with Crippen LogP contribution in [0.2, 0.25) is 0 Å². The summed E-state index contributed by atoms with van der Waals surface area (Å²) in [5.74, 6) is 0.673. The molecule has 5 nitrogen and oxygen atoms in total. The van der Waals surface area contributed by atoms with Crippen LogP contribution in [0.4, 0.5) is 0 Å². The van der Waals surface area contributed by atoms with E-state index in [0.29, 0.717) is 5.88 Å². The lowest BCUT2D eigenvalue weighted by molar-refractivity contribution is -0.0253. The minimum atomic E-state index is 0.0893. The van der Waals surface area contributed by atoms with Crippen molar-refractivity contribution in [3.05, 3.63) is 30.8 Å². The number of hydrogen-bond acceptors (Lipinski definition) is 5. The molecule has 0 aliphatic carbocycles. The van der Waals surface area contributed by atoms with Crippen LogP contribution in [0, 0.1) is 6.92 Å². The van der Waals surface area contributed by atoms with Gasteiger partial charge in [-0.25, -0.2) is 4.98 Å². The van der Waals surface area contributed by atoms with Gasteiger partial charge in [0.25, 0.3) is 0 Å². The lowest BCUT2D eigenvalue weighted by atomic mass is 9.89. The summed E-state index contributed by atoms with van der Waals surface area (Å²) in [4.78, 5) is 9.32. The molecule has 2 saturated heterocycles. The van der Waals surface area contributed by atoms with Gasteiger partial charge in [-0.15, -0.1) is 0 Å². The summed E-state index contributed by atoms with van der Waals surface area (Å²) in [6, 6.07) is 4.03. The number of aromatic nitrogens is 1. The Balaban J connectivity index is 1.50. The molecule has 0 saturated carbocycles. The third kappa shape index (κ3) is 3.59. The zero-order valence-corrected chi connectivity index (χ0v) is 13.5. The van der Waals surface area contributed by atoms with Gasteiger partial charge in [0.1, 0.15) is 0 Å². The molecule has 2 aliphatic heterocycles. The summed E-state index contributed by atoms with van der Waals surface area (Å²) >= 11 is 0. The lowest BCUT2D eigenvalue weighted by Crippen LogP contribution is -2.57. The van der Waals surface area contributed by atoms with E-state index in [4.69, 9.17) is 9.47 Å². The van der Waals surface area contributed by atoms with E-state index >= 15 is 0 Å². The molecule has 3 rings (SSSR count). The molecule has 0 N–H and O–H groups in total. The fraction of sp³-hybridized carbons (Fsp3) is 0.647. The molecule has 0 amide bonds. The Labute approximate surface area is 133 Å². The van der Waals surface area contributed by atoms with Crippen molar-refractivity contribution in [2.75, 3.05) is 46.5 Å².